The van der Waals surface area contributed by atoms with Crippen LogP contribution in [0.25, 0.3) is 0 Å². The minimum Gasteiger partial charge on any atom is -0.348 e. The van der Waals surface area contributed by atoms with E-state index in [1.807, 2.05) is 0 Å². The molecular formula is C19H30FN3O. The normalized spacial score (nSPS) is 20.6. The van der Waals surface area contributed by atoms with Crippen molar-refractivity contribution in [1.82, 2.24) is 15.5 Å². The molecule has 2 N–H and O–H groups in total. The number of benzene rings is 1. The van der Waals surface area contributed by atoms with Crippen molar-refractivity contribution in [1.29, 1.82) is 0 Å². The van der Waals surface area contributed by atoms with Crippen LogP contribution in [0.1, 0.15) is 45.7 Å². The Bertz CT molecular complexity index is 539. The summed E-state index contributed by atoms with van der Waals surface area (Å²) >= 11 is 0. The van der Waals surface area contributed by atoms with E-state index >= 15 is 0 Å². The first-order valence-electron chi connectivity index (χ1n) is 8.74. The van der Waals surface area contributed by atoms with E-state index in [0.717, 1.165) is 31.6 Å². The molecule has 1 aromatic carbocycles. The van der Waals surface area contributed by atoms with E-state index in [-0.39, 0.29) is 23.2 Å². The van der Waals surface area contributed by atoms with Gasteiger partial charge in [0.25, 0.3) is 0 Å². The number of nitrogens with zero attached hydrogens (tertiary/aromatic N) is 1. The maximum Gasteiger partial charge on any atom is 0.234 e. The average molecular weight is 335 g/mol. The Morgan fingerprint density at radius 2 is 2.04 bits per heavy atom. The number of carbonyl (C=O) groups excluding carboxylic acids is 1. The van der Waals surface area contributed by atoms with Crippen LogP contribution in [0.15, 0.2) is 24.3 Å². The summed E-state index contributed by atoms with van der Waals surface area (Å²) in [6.07, 6.45) is 0.807. The molecule has 0 aliphatic carbocycles. The minimum absolute atomic E-state index is 0.0299. The molecule has 0 bridgehead atoms. The Morgan fingerprint density at radius 3 is 2.62 bits per heavy atom. The summed E-state index contributed by atoms with van der Waals surface area (Å²) < 4.78 is 13.2. The molecule has 0 aromatic heterocycles. The highest BCUT2D eigenvalue weighted by Gasteiger charge is 2.25. The number of piperazine rings is 1. The molecular weight excluding hydrogens is 305 g/mol. The van der Waals surface area contributed by atoms with E-state index in [1.54, 1.807) is 12.1 Å². The Hall–Kier alpha value is -1.46. The van der Waals surface area contributed by atoms with Gasteiger partial charge < -0.3 is 10.6 Å². The van der Waals surface area contributed by atoms with Crippen LogP contribution in [0, 0.1) is 11.2 Å². The lowest BCUT2D eigenvalue weighted by Gasteiger charge is -2.34. The fourth-order valence-corrected chi connectivity index (χ4v) is 3.10. The fraction of sp³-hybridized carbons (Fsp3) is 0.632. The molecule has 1 unspecified atom stereocenters. The third-order valence-corrected chi connectivity index (χ3v) is 4.41. The van der Waals surface area contributed by atoms with Gasteiger partial charge in [-0.3, -0.25) is 9.69 Å². The molecule has 1 amide bonds. The van der Waals surface area contributed by atoms with Gasteiger partial charge in [0.2, 0.25) is 5.91 Å². The Kier molecular flexibility index (Phi) is 6.35. The van der Waals surface area contributed by atoms with Gasteiger partial charge in [0.15, 0.2) is 0 Å². The van der Waals surface area contributed by atoms with Crippen LogP contribution in [0.4, 0.5) is 4.39 Å². The first kappa shape index (κ1) is 18.9. The summed E-state index contributed by atoms with van der Waals surface area (Å²) in [4.78, 5) is 14.7. The maximum atomic E-state index is 13.2. The molecule has 1 aliphatic heterocycles. The van der Waals surface area contributed by atoms with Crippen molar-refractivity contribution in [3.8, 4) is 0 Å². The lowest BCUT2D eigenvalue weighted by Crippen LogP contribution is -2.53. The van der Waals surface area contributed by atoms with Gasteiger partial charge in [-0.2, -0.15) is 0 Å². The quantitative estimate of drug-likeness (QED) is 0.870. The van der Waals surface area contributed by atoms with Crippen molar-refractivity contribution in [2.75, 3.05) is 26.2 Å². The number of nitrogens with one attached hydrogen (secondary N) is 2. The monoisotopic (exact) mass is 335 g/mol. The average Bonchev–Trinajstić information content (AvgIpc) is 2.48. The smallest absolute Gasteiger partial charge is 0.234 e. The highest BCUT2D eigenvalue weighted by molar-refractivity contribution is 5.78. The van der Waals surface area contributed by atoms with Gasteiger partial charge in [-0.25, -0.2) is 4.39 Å². The third kappa shape index (κ3) is 5.87. The van der Waals surface area contributed by atoms with Gasteiger partial charge in [-0.15, -0.1) is 0 Å². The van der Waals surface area contributed by atoms with Crippen LogP contribution in [0.3, 0.4) is 0 Å². The molecule has 1 fully saturated rings. The van der Waals surface area contributed by atoms with E-state index in [2.05, 4.69) is 43.2 Å². The van der Waals surface area contributed by atoms with Gasteiger partial charge in [0.05, 0.1) is 12.6 Å². The number of hydrogen-bond acceptors (Lipinski definition) is 3. The van der Waals surface area contributed by atoms with Crippen LogP contribution >= 0.6 is 0 Å². The van der Waals surface area contributed by atoms with Crippen molar-refractivity contribution in [3.05, 3.63) is 35.6 Å². The molecule has 2 atom stereocenters. The number of amides is 1. The molecule has 1 aromatic rings. The van der Waals surface area contributed by atoms with Gasteiger partial charge in [0.1, 0.15) is 5.82 Å². The summed E-state index contributed by atoms with van der Waals surface area (Å²) in [7, 11) is 0. The van der Waals surface area contributed by atoms with E-state index in [4.69, 9.17) is 0 Å². The zero-order valence-corrected chi connectivity index (χ0v) is 15.2. The molecule has 1 heterocycles. The molecule has 4 nitrogen and oxygen atoms in total. The molecule has 24 heavy (non-hydrogen) atoms. The SMILES string of the molecule is C[C@@H]1CNCCN1CC(=O)NC(CC(C)(C)C)c1ccc(F)cc1. The maximum absolute atomic E-state index is 13.2. The minimum atomic E-state index is -0.255. The molecule has 2 rings (SSSR count). The first-order valence-corrected chi connectivity index (χ1v) is 8.74. The van der Waals surface area contributed by atoms with Gasteiger partial charge in [0, 0.05) is 25.7 Å². The molecule has 134 valence electrons. The van der Waals surface area contributed by atoms with Crippen LogP contribution in [-0.4, -0.2) is 43.0 Å². The Labute approximate surface area is 144 Å². The van der Waals surface area contributed by atoms with Crippen molar-refractivity contribution < 1.29 is 9.18 Å². The lowest BCUT2D eigenvalue weighted by molar-refractivity contribution is -0.123. The van der Waals surface area contributed by atoms with Crippen molar-refractivity contribution in [3.63, 3.8) is 0 Å². The zero-order valence-electron chi connectivity index (χ0n) is 15.2. The van der Waals surface area contributed by atoms with E-state index in [9.17, 15) is 9.18 Å². The number of rotatable bonds is 5. The van der Waals surface area contributed by atoms with Gasteiger partial charge in [-0.1, -0.05) is 32.9 Å². The van der Waals surface area contributed by atoms with Crippen LogP contribution in [0.2, 0.25) is 0 Å². The second kappa shape index (κ2) is 8.08. The first-order chi connectivity index (χ1) is 11.2. The van der Waals surface area contributed by atoms with E-state index in [1.165, 1.54) is 12.1 Å². The number of halogens is 1. The summed E-state index contributed by atoms with van der Waals surface area (Å²) in [6.45, 7) is 11.7. The Morgan fingerprint density at radius 1 is 1.38 bits per heavy atom. The van der Waals surface area contributed by atoms with E-state index < -0.39 is 0 Å². The van der Waals surface area contributed by atoms with Crippen molar-refractivity contribution in [2.24, 2.45) is 5.41 Å². The third-order valence-electron chi connectivity index (χ3n) is 4.41. The summed E-state index contributed by atoms with van der Waals surface area (Å²) in [5.41, 5.74) is 1.02. The lowest BCUT2D eigenvalue weighted by atomic mass is 9.85. The second-order valence-electron chi connectivity index (χ2n) is 7.96. The Balaban J connectivity index is 2.03. The standard InChI is InChI=1S/C19H30FN3O/c1-14-12-21-9-10-23(14)13-18(24)22-17(11-19(2,3)4)15-5-7-16(20)8-6-15/h5-8,14,17,21H,9-13H2,1-4H3,(H,22,24)/t14-,17?/m1/s1. The van der Waals surface area contributed by atoms with E-state index in [0.29, 0.717) is 12.6 Å². The summed E-state index contributed by atoms with van der Waals surface area (Å²) in [5.74, 6) is -0.225. The molecule has 1 aliphatic rings. The molecule has 0 saturated carbocycles. The fourth-order valence-electron chi connectivity index (χ4n) is 3.10. The summed E-state index contributed by atoms with van der Waals surface area (Å²) in [6, 6.07) is 6.69. The highest BCUT2D eigenvalue weighted by Crippen LogP contribution is 2.29. The van der Waals surface area contributed by atoms with Gasteiger partial charge >= 0.3 is 0 Å². The number of hydrogen-bond donors (Lipinski definition) is 2. The van der Waals surface area contributed by atoms with Crippen molar-refractivity contribution >= 4 is 5.91 Å². The highest BCUT2D eigenvalue weighted by atomic mass is 19.1. The largest absolute Gasteiger partial charge is 0.348 e. The molecule has 0 spiro atoms. The zero-order chi connectivity index (χ0) is 17.7. The summed E-state index contributed by atoms with van der Waals surface area (Å²) in [5, 5.41) is 6.49. The van der Waals surface area contributed by atoms with Crippen LogP contribution in [-0.2, 0) is 4.79 Å². The predicted molar refractivity (Wildman–Crippen MR) is 95.3 cm³/mol. The molecule has 0 radical (unpaired) electrons. The molecule has 5 heteroatoms. The second-order valence-corrected chi connectivity index (χ2v) is 7.96. The number of carbonyl (C=O) groups is 1. The predicted octanol–water partition coefficient (Wildman–Crippen LogP) is 2.71. The topological polar surface area (TPSA) is 44.4 Å². The van der Waals surface area contributed by atoms with Crippen LogP contribution < -0.4 is 10.6 Å². The van der Waals surface area contributed by atoms with Crippen LogP contribution in [0.5, 0.6) is 0 Å². The van der Waals surface area contributed by atoms with Gasteiger partial charge in [-0.05, 0) is 36.5 Å². The molecule has 1 saturated heterocycles. The van der Waals surface area contributed by atoms with Crippen molar-refractivity contribution in [2.45, 2.75) is 46.2 Å².